The Morgan fingerprint density at radius 3 is 2.25 bits per heavy atom. The van der Waals surface area contributed by atoms with Gasteiger partial charge in [-0.1, -0.05) is 6.07 Å². The zero-order valence-corrected chi connectivity index (χ0v) is 11.2. The van der Waals surface area contributed by atoms with Crippen molar-refractivity contribution in [1.82, 2.24) is 5.48 Å². The summed E-state index contributed by atoms with van der Waals surface area (Å²) in [4.78, 5) is 27.5. The predicted molar refractivity (Wildman–Crippen MR) is 64.5 cm³/mol. The molecule has 1 amide bonds. The highest BCUT2D eigenvalue weighted by molar-refractivity contribution is 5.94. The summed E-state index contributed by atoms with van der Waals surface area (Å²) in [7, 11) is 0. The molecule has 0 radical (unpaired) electrons. The van der Waals surface area contributed by atoms with Gasteiger partial charge in [-0.2, -0.15) is 18.7 Å². The number of carbonyl (C=O) groups excluding carboxylic acids is 2. The topological polar surface area (TPSA) is 55.4 Å². The third-order valence-electron chi connectivity index (χ3n) is 2.30. The molecule has 110 valence electrons. The zero-order chi connectivity index (χ0) is 15.6. The quantitative estimate of drug-likeness (QED) is 0.809. The molecular weight excluding hydrogens is 275 g/mol. The first kappa shape index (κ1) is 16.0. The molecule has 1 aromatic carbocycles. The van der Waals surface area contributed by atoms with Crippen molar-refractivity contribution < 1.29 is 27.6 Å². The van der Waals surface area contributed by atoms with E-state index in [9.17, 15) is 22.8 Å². The number of amides is 1. The van der Waals surface area contributed by atoms with Crippen LogP contribution in [0.3, 0.4) is 0 Å². The first-order chi connectivity index (χ1) is 9.01. The van der Waals surface area contributed by atoms with Crippen LogP contribution in [0.2, 0.25) is 0 Å². The number of alkyl halides is 3. The van der Waals surface area contributed by atoms with E-state index in [-0.39, 0.29) is 5.56 Å². The maximum Gasteiger partial charge on any atom is 0.416 e. The molecule has 0 aromatic heterocycles. The van der Waals surface area contributed by atoms with E-state index in [1.54, 1.807) is 20.8 Å². The average Bonchev–Trinajstić information content (AvgIpc) is 2.33. The average molecular weight is 289 g/mol. The van der Waals surface area contributed by atoms with Gasteiger partial charge in [0.05, 0.1) is 11.0 Å². The Hall–Kier alpha value is -2.05. The summed E-state index contributed by atoms with van der Waals surface area (Å²) in [6.07, 6.45) is -4.54. The van der Waals surface area contributed by atoms with Crippen molar-refractivity contribution in [2.24, 2.45) is 5.41 Å². The molecular formula is C13H14F3NO3. The number of hydrogen-bond acceptors (Lipinski definition) is 3. The minimum Gasteiger partial charge on any atom is -0.340 e. The number of halogens is 3. The number of benzene rings is 1. The van der Waals surface area contributed by atoms with Crippen molar-refractivity contribution in [2.75, 3.05) is 0 Å². The molecule has 0 atom stereocenters. The molecule has 7 heteroatoms. The normalized spacial score (nSPS) is 11.9. The minimum absolute atomic E-state index is 0.249. The van der Waals surface area contributed by atoms with Crippen LogP contribution in [0.5, 0.6) is 0 Å². The van der Waals surface area contributed by atoms with Gasteiger partial charge in [0, 0.05) is 5.56 Å². The van der Waals surface area contributed by atoms with Crippen LogP contribution in [0.1, 0.15) is 36.7 Å². The minimum atomic E-state index is -4.54. The van der Waals surface area contributed by atoms with Gasteiger partial charge >= 0.3 is 12.1 Å². The fourth-order valence-corrected chi connectivity index (χ4v) is 1.14. The van der Waals surface area contributed by atoms with Gasteiger partial charge in [0.15, 0.2) is 0 Å². The standard InChI is InChI=1S/C13H14F3NO3/c1-12(2,3)11(19)20-17-10(18)8-5-4-6-9(7-8)13(14,15)16/h4-7H,1-3H3,(H,17,18). The van der Waals surface area contributed by atoms with Crippen LogP contribution in [-0.4, -0.2) is 11.9 Å². The van der Waals surface area contributed by atoms with Crippen LogP contribution < -0.4 is 5.48 Å². The zero-order valence-electron chi connectivity index (χ0n) is 11.2. The molecule has 1 rings (SSSR count). The van der Waals surface area contributed by atoms with Crippen LogP contribution in [0.25, 0.3) is 0 Å². The molecule has 0 aliphatic heterocycles. The van der Waals surface area contributed by atoms with E-state index in [0.29, 0.717) is 6.07 Å². The van der Waals surface area contributed by atoms with Gasteiger partial charge in [-0.15, -0.1) is 0 Å². The van der Waals surface area contributed by atoms with Gasteiger partial charge in [0.2, 0.25) is 0 Å². The maximum atomic E-state index is 12.5. The summed E-state index contributed by atoms with van der Waals surface area (Å²) in [6.45, 7) is 4.73. The molecule has 4 nitrogen and oxygen atoms in total. The Morgan fingerprint density at radius 1 is 1.15 bits per heavy atom. The van der Waals surface area contributed by atoms with Crippen molar-refractivity contribution in [2.45, 2.75) is 26.9 Å². The lowest BCUT2D eigenvalue weighted by Crippen LogP contribution is -2.33. The maximum absolute atomic E-state index is 12.5. The van der Waals surface area contributed by atoms with Crippen molar-refractivity contribution in [3.8, 4) is 0 Å². The highest BCUT2D eigenvalue weighted by Crippen LogP contribution is 2.29. The Kier molecular flexibility index (Phi) is 4.42. The molecule has 20 heavy (non-hydrogen) atoms. The van der Waals surface area contributed by atoms with Gasteiger partial charge in [-0.3, -0.25) is 4.79 Å². The smallest absolute Gasteiger partial charge is 0.340 e. The summed E-state index contributed by atoms with van der Waals surface area (Å²) < 4.78 is 37.5. The first-order valence-corrected chi connectivity index (χ1v) is 5.70. The largest absolute Gasteiger partial charge is 0.416 e. The van der Waals surface area contributed by atoms with Crippen molar-refractivity contribution in [1.29, 1.82) is 0 Å². The Bertz CT molecular complexity index is 518. The van der Waals surface area contributed by atoms with E-state index >= 15 is 0 Å². The highest BCUT2D eigenvalue weighted by atomic mass is 19.4. The first-order valence-electron chi connectivity index (χ1n) is 5.70. The van der Waals surface area contributed by atoms with Crippen LogP contribution in [0.4, 0.5) is 13.2 Å². The summed E-state index contributed by atoms with van der Waals surface area (Å²) in [6, 6.07) is 3.82. The lowest BCUT2D eigenvalue weighted by atomic mass is 9.98. The van der Waals surface area contributed by atoms with Gasteiger partial charge in [0.25, 0.3) is 5.91 Å². The number of carbonyl (C=O) groups is 2. The summed E-state index contributed by atoms with van der Waals surface area (Å²) in [5, 5.41) is 0. The predicted octanol–water partition coefficient (Wildman–Crippen LogP) is 2.94. The van der Waals surface area contributed by atoms with Crippen LogP contribution in [-0.2, 0) is 15.8 Å². The number of hydrogen-bond donors (Lipinski definition) is 1. The Labute approximate surface area is 113 Å². The fourth-order valence-electron chi connectivity index (χ4n) is 1.14. The molecule has 0 spiro atoms. The lowest BCUT2D eigenvalue weighted by Gasteiger charge is -2.16. The highest BCUT2D eigenvalue weighted by Gasteiger charge is 2.31. The van der Waals surface area contributed by atoms with Crippen molar-refractivity contribution in [3.63, 3.8) is 0 Å². The third-order valence-corrected chi connectivity index (χ3v) is 2.30. The molecule has 0 fully saturated rings. The van der Waals surface area contributed by atoms with E-state index in [1.807, 2.05) is 5.48 Å². The van der Waals surface area contributed by atoms with E-state index < -0.39 is 29.0 Å². The molecule has 1 N–H and O–H groups in total. The van der Waals surface area contributed by atoms with Gasteiger partial charge in [0.1, 0.15) is 0 Å². The van der Waals surface area contributed by atoms with Crippen molar-refractivity contribution >= 4 is 11.9 Å². The van der Waals surface area contributed by atoms with E-state index in [2.05, 4.69) is 4.84 Å². The van der Waals surface area contributed by atoms with Crippen molar-refractivity contribution in [3.05, 3.63) is 35.4 Å². The third kappa shape index (κ3) is 4.25. The number of nitrogens with one attached hydrogen (secondary N) is 1. The second-order valence-corrected chi connectivity index (χ2v) is 5.15. The second kappa shape index (κ2) is 5.52. The number of hydroxylamine groups is 1. The fraction of sp³-hybridized carbons (Fsp3) is 0.385. The summed E-state index contributed by atoms with van der Waals surface area (Å²) >= 11 is 0. The molecule has 0 bridgehead atoms. The molecule has 0 aliphatic rings. The Morgan fingerprint density at radius 2 is 1.75 bits per heavy atom. The van der Waals surface area contributed by atoms with Gasteiger partial charge in [-0.05, 0) is 39.0 Å². The number of rotatable bonds is 1. The van der Waals surface area contributed by atoms with E-state index in [1.165, 1.54) is 6.07 Å². The molecule has 0 heterocycles. The molecule has 0 unspecified atom stereocenters. The molecule has 0 aliphatic carbocycles. The molecule has 0 saturated carbocycles. The van der Waals surface area contributed by atoms with Gasteiger partial charge < -0.3 is 4.84 Å². The summed E-state index contributed by atoms with van der Waals surface area (Å²) in [5.74, 6) is -1.62. The Balaban J connectivity index is 2.77. The molecule has 0 saturated heterocycles. The second-order valence-electron chi connectivity index (χ2n) is 5.15. The lowest BCUT2D eigenvalue weighted by molar-refractivity contribution is -0.158. The SMILES string of the molecule is CC(C)(C)C(=O)ONC(=O)c1cccc(C(F)(F)F)c1. The van der Waals surface area contributed by atoms with Gasteiger partial charge in [-0.25, -0.2) is 4.79 Å². The van der Waals surface area contributed by atoms with Crippen LogP contribution >= 0.6 is 0 Å². The monoisotopic (exact) mass is 289 g/mol. The molecule has 1 aromatic rings. The van der Waals surface area contributed by atoms with E-state index in [4.69, 9.17) is 0 Å². The van der Waals surface area contributed by atoms with Crippen LogP contribution in [0, 0.1) is 5.41 Å². The van der Waals surface area contributed by atoms with E-state index in [0.717, 1.165) is 12.1 Å². The summed E-state index contributed by atoms with van der Waals surface area (Å²) in [5.41, 5.74) is -0.204. The van der Waals surface area contributed by atoms with Crippen LogP contribution in [0.15, 0.2) is 24.3 Å².